The Labute approximate surface area is 172 Å². The molecule has 0 saturated carbocycles. The fraction of sp³-hybridized carbons (Fsp3) is 0.375. The molecule has 0 bridgehead atoms. The van der Waals surface area contributed by atoms with E-state index in [4.69, 9.17) is 14.2 Å². The number of amides is 1. The molecule has 154 valence electrons. The number of carbonyl (C=O) groups excluding carboxylic acids is 1. The van der Waals surface area contributed by atoms with Crippen molar-refractivity contribution in [1.29, 1.82) is 0 Å². The number of ether oxygens (including phenoxy) is 3. The van der Waals surface area contributed by atoms with Crippen LogP contribution in [0.4, 0.5) is 0 Å². The molecule has 3 rings (SSSR count). The summed E-state index contributed by atoms with van der Waals surface area (Å²) in [5, 5.41) is 3.04. The van der Waals surface area contributed by atoms with Gasteiger partial charge < -0.3 is 19.5 Å². The van der Waals surface area contributed by atoms with Gasteiger partial charge in [0.25, 0.3) is 0 Å². The minimum atomic E-state index is -0.160. The zero-order valence-electron chi connectivity index (χ0n) is 17.6. The molecule has 1 aliphatic rings. The Balaban J connectivity index is 1.71. The molecule has 1 atom stereocenters. The first kappa shape index (κ1) is 20.8. The highest BCUT2D eigenvalue weighted by molar-refractivity contribution is 5.92. The smallest absolute Gasteiger partial charge is 0.244 e. The van der Waals surface area contributed by atoms with Gasteiger partial charge in [-0.05, 0) is 67.5 Å². The van der Waals surface area contributed by atoms with E-state index in [-0.39, 0.29) is 11.9 Å². The van der Waals surface area contributed by atoms with Crippen molar-refractivity contribution in [2.45, 2.75) is 38.6 Å². The van der Waals surface area contributed by atoms with Crippen LogP contribution in [0, 0.1) is 0 Å². The molecule has 0 saturated heterocycles. The fourth-order valence-corrected chi connectivity index (χ4v) is 3.79. The fourth-order valence-electron chi connectivity index (χ4n) is 3.79. The monoisotopic (exact) mass is 395 g/mol. The minimum absolute atomic E-state index is 0.0633. The number of hydrogen-bond donors (Lipinski definition) is 1. The summed E-state index contributed by atoms with van der Waals surface area (Å²) in [6.45, 7) is 2.01. The summed E-state index contributed by atoms with van der Waals surface area (Å²) in [6, 6.07) is 10.1. The average molecular weight is 395 g/mol. The summed E-state index contributed by atoms with van der Waals surface area (Å²) in [4.78, 5) is 12.5. The topological polar surface area (TPSA) is 56.8 Å². The average Bonchev–Trinajstić information content (AvgIpc) is 2.76. The lowest BCUT2D eigenvalue weighted by atomic mass is 9.89. The van der Waals surface area contributed by atoms with Crippen molar-refractivity contribution in [1.82, 2.24) is 5.32 Å². The molecule has 0 radical (unpaired) electrons. The van der Waals surface area contributed by atoms with Crippen LogP contribution in [0.25, 0.3) is 6.08 Å². The highest BCUT2D eigenvalue weighted by Gasteiger charge is 2.15. The van der Waals surface area contributed by atoms with Crippen LogP contribution in [0.2, 0.25) is 0 Å². The molecular formula is C24H29NO4. The second-order valence-corrected chi connectivity index (χ2v) is 7.22. The van der Waals surface area contributed by atoms with Gasteiger partial charge >= 0.3 is 0 Å². The largest absolute Gasteiger partial charge is 0.493 e. The molecular weight excluding hydrogens is 366 g/mol. The highest BCUT2D eigenvalue weighted by Crippen LogP contribution is 2.40. The maximum Gasteiger partial charge on any atom is 0.244 e. The number of fused-ring (bicyclic) bond motifs is 1. The van der Waals surface area contributed by atoms with Gasteiger partial charge in [0.2, 0.25) is 11.7 Å². The van der Waals surface area contributed by atoms with Gasteiger partial charge in [-0.25, -0.2) is 0 Å². The van der Waals surface area contributed by atoms with Crippen molar-refractivity contribution < 1.29 is 19.0 Å². The molecule has 0 heterocycles. The highest BCUT2D eigenvalue weighted by atomic mass is 16.5. The van der Waals surface area contributed by atoms with E-state index in [2.05, 4.69) is 23.5 Å². The first-order valence-electron chi connectivity index (χ1n) is 9.96. The molecule has 2 aromatic carbocycles. The Morgan fingerprint density at radius 3 is 2.38 bits per heavy atom. The predicted octanol–water partition coefficient (Wildman–Crippen LogP) is 4.48. The van der Waals surface area contributed by atoms with E-state index in [1.54, 1.807) is 33.5 Å². The summed E-state index contributed by atoms with van der Waals surface area (Å²) in [5.41, 5.74) is 4.73. The van der Waals surface area contributed by atoms with Crippen molar-refractivity contribution in [2.75, 3.05) is 21.3 Å². The van der Waals surface area contributed by atoms with Crippen LogP contribution in [0.3, 0.4) is 0 Å². The molecule has 2 aromatic rings. The molecule has 0 spiro atoms. The molecule has 1 aliphatic carbocycles. The molecule has 5 nitrogen and oxygen atoms in total. The second kappa shape index (κ2) is 9.50. The molecule has 1 amide bonds. The van der Waals surface area contributed by atoms with E-state index in [9.17, 15) is 4.79 Å². The van der Waals surface area contributed by atoms with Crippen molar-refractivity contribution in [2.24, 2.45) is 0 Å². The lowest BCUT2D eigenvalue weighted by Gasteiger charge is -2.19. The summed E-state index contributed by atoms with van der Waals surface area (Å²) in [5.74, 6) is 1.44. The first-order valence-corrected chi connectivity index (χ1v) is 9.96. The van der Waals surface area contributed by atoms with Crippen LogP contribution in [0.5, 0.6) is 17.2 Å². The van der Waals surface area contributed by atoms with Crippen LogP contribution in [0.1, 0.15) is 48.1 Å². The van der Waals surface area contributed by atoms with Crippen LogP contribution in [-0.4, -0.2) is 27.2 Å². The molecule has 5 heteroatoms. The molecule has 1 N–H and O–H groups in total. The Bertz CT molecular complexity index is 904. The molecule has 0 aliphatic heterocycles. The Morgan fingerprint density at radius 2 is 1.69 bits per heavy atom. The lowest BCUT2D eigenvalue weighted by molar-refractivity contribution is -0.117. The van der Waals surface area contributed by atoms with Gasteiger partial charge in [0.05, 0.1) is 27.4 Å². The second-order valence-electron chi connectivity index (χ2n) is 7.22. The number of methoxy groups -OCH3 is 3. The zero-order valence-corrected chi connectivity index (χ0v) is 17.6. The van der Waals surface area contributed by atoms with Gasteiger partial charge in [0.15, 0.2) is 11.5 Å². The summed E-state index contributed by atoms with van der Waals surface area (Å²) in [6.07, 6.45) is 8.03. The summed E-state index contributed by atoms with van der Waals surface area (Å²) >= 11 is 0. The van der Waals surface area contributed by atoms with Gasteiger partial charge in [-0.3, -0.25) is 4.79 Å². The number of benzene rings is 2. The van der Waals surface area contributed by atoms with Crippen LogP contribution < -0.4 is 19.5 Å². The maximum atomic E-state index is 12.5. The molecule has 29 heavy (non-hydrogen) atoms. The van der Waals surface area contributed by atoms with Crippen molar-refractivity contribution >= 4 is 12.0 Å². The van der Waals surface area contributed by atoms with Crippen molar-refractivity contribution in [3.8, 4) is 17.2 Å². The van der Waals surface area contributed by atoms with E-state index in [0.29, 0.717) is 17.2 Å². The van der Waals surface area contributed by atoms with E-state index in [0.717, 1.165) is 24.0 Å². The van der Waals surface area contributed by atoms with Crippen LogP contribution >= 0.6 is 0 Å². The van der Waals surface area contributed by atoms with Crippen LogP contribution in [0.15, 0.2) is 36.4 Å². The SMILES string of the molecule is COc1ccc(/C=C/C(=O)N[C@H](C)c2ccc3c(c2)CCCC3)c(OC)c1OC. The Kier molecular flexibility index (Phi) is 6.81. The first-order chi connectivity index (χ1) is 14.1. The van der Waals surface area contributed by atoms with Gasteiger partial charge in [-0.15, -0.1) is 0 Å². The van der Waals surface area contributed by atoms with E-state index < -0.39 is 0 Å². The van der Waals surface area contributed by atoms with Crippen molar-refractivity contribution in [3.05, 3.63) is 58.7 Å². The minimum Gasteiger partial charge on any atom is -0.493 e. The maximum absolute atomic E-state index is 12.5. The Morgan fingerprint density at radius 1 is 0.966 bits per heavy atom. The van der Waals surface area contributed by atoms with Crippen molar-refractivity contribution in [3.63, 3.8) is 0 Å². The number of carbonyl (C=O) groups is 1. The van der Waals surface area contributed by atoms with Gasteiger partial charge in [0, 0.05) is 11.6 Å². The number of hydrogen-bond acceptors (Lipinski definition) is 4. The number of aryl methyl sites for hydroxylation is 2. The zero-order chi connectivity index (χ0) is 20.8. The molecule has 0 fully saturated rings. The predicted molar refractivity (Wildman–Crippen MR) is 115 cm³/mol. The van der Waals surface area contributed by atoms with Gasteiger partial charge in [0.1, 0.15) is 0 Å². The lowest BCUT2D eigenvalue weighted by Crippen LogP contribution is -2.24. The molecule has 0 aromatic heterocycles. The van der Waals surface area contributed by atoms with Crippen LogP contribution in [-0.2, 0) is 17.6 Å². The third-order valence-electron chi connectivity index (χ3n) is 5.38. The van der Waals surface area contributed by atoms with E-state index in [1.165, 1.54) is 30.0 Å². The third kappa shape index (κ3) is 4.73. The standard InChI is InChI=1S/C24H29NO4/c1-16(19-10-9-17-7-5-6-8-20(17)15-19)25-22(26)14-12-18-11-13-21(27-2)24(29-4)23(18)28-3/h9-16H,5-8H2,1-4H3,(H,25,26)/b14-12+/t16-/m1/s1. The summed E-state index contributed by atoms with van der Waals surface area (Å²) < 4.78 is 16.1. The van der Waals surface area contributed by atoms with E-state index >= 15 is 0 Å². The quantitative estimate of drug-likeness (QED) is 0.702. The van der Waals surface area contributed by atoms with Gasteiger partial charge in [-0.2, -0.15) is 0 Å². The number of nitrogens with one attached hydrogen (secondary N) is 1. The number of rotatable bonds is 7. The Hall–Kier alpha value is -2.95. The molecule has 0 unspecified atom stereocenters. The summed E-state index contributed by atoms with van der Waals surface area (Å²) in [7, 11) is 4.69. The normalized spacial score (nSPS) is 14.2. The van der Waals surface area contributed by atoms with E-state index in [1.807, 2.05) is 13.0 Å². The third-order valence-corrected chi connectivity index (χ3v) is 5.38. The van der Waals surface area contributed by atoms with Gasteiger partial charge in [-0.1, -0.05) is 18.2 Å².